The highest BCUT2D eigenvalue weighted by Crippen LogP contribution is 2.26. The van der Waals surface area contributed by atoms with Crippen molar-refractivity contribution in [1.29, 1.82) is 0 Å². The number of rotatable bonds is 6. The Morgan fingerprint density at radius 2 is 1.64 bits per heavy atom. The van der Waals surface area contributed by atoms with Gasteiger partial charge in [0, 0.05) is 19.2 Å². The van der Waals surface area contributed by atoms with Gasteiger partial charge in [-0.25, -0.2) is 4.98 Å². The predicted molar refractivity (Wildman–Crippen MR) is 106 cm³/mol. The second-order valence-electron chi connectivity index (χ2n) is 6.78. The van der Waals surface area contributed by atoms with Crippen LogP contribution in [0.25, 0.3) is 0 Å². The maximum Gasteiger partial charge on any atom is 0.322 e. The summed E-state index contributed by atoms with van der Waals surface area (Å²) in [6.07, 6.45) is 1.50. The van der Waals surface area contributed by atoms with Crippen LogP contribution in [0.5, 0.6) is 11.8 Å². The van der Waals surface area contributed by atoms with Crippen molar-refractivity contribution in [1.82, 2.24) is 19.5 Å². The molecule has 9 heteroatoms. The van der Waals surface area contributed by atoms with Crippen molar-refractivity contribution >= 4 is 15.7 Å². The van der Waals surface area contributed by atoms with Gasteiger partial charge < -0.3 is 9.30 Å². The average molecular weight is 401 g/mol. The number of imidazole rings is 1. The van der Waals surface area contributed by atoms with Crippen molar-refractivity contribution in [3.05, 3.63) is 53.7 Å². The molecule has 0 fully saturated rings. The van der Waals surface area contributed by atoms with Crippen LogP contribution >= 0.6 is 0 Å². The molecule has 3 aromatic rings. The van der Waals surface area contributed by atoms with Gasteiger partial charge in [0.05, 0.1) is 17.1 Å². The van der Waals surface area contributed by atoms with Gasteiger partial charge in [0.25, 0.3) is 10.0 Å². The minimum atomic E-state index is -3.87. The number of hydrogen-bond acceptors (Lipinski definition) is 6. The van der Waals surface area contributed by atoms with E-state index in [1.54, 1.807) is 37.6 Å². The quantitative estimate of drug-likeness (QED) is 0.678. The summed E-state index contributed by atoms with van der Waals surface area (Å²) in [4.78, 5) is 12.8. The molecule has 0 aliphatic rings. The number of nitrogens with zero attached hydrogens (tertiary/aromatic N) is 4. The summed E-state index contributed by atoms with van der Waals surface area (Å²) in [5.41, 5.74) is 1.24. The van der Waals surface area contributed by atoms with Gasteiger partial charge in [-0.15, -0.1) is 0 Å². The molecule has 0 saturated heterocycles. The maximum absolute atomic E-state index is 12.8. The molecule has 2 heterocycles. The first-order valence-electron chi connectivity index (χ1n) is 8.81. The molecule has 0 bridgehead atoms. The molecule has 0 aliphatic carbocycles. The van der Waals surface area contributed by atoms with Crippen molar-refractivity contribution in [3.8, 4) is 11.8 Å². The molecular weight excluding hydrogens is 378 g/mol. The van der Waals surface area contributed by atoms with Gasteiger partial charge in [0.2, 0.25) is 0 Å². The summed E-state index contributed by atoms with van der Waals surface area (Å²) in [7, 11) is -2.09. The van der Waals surface area contributed by atoms with Gasteiger partial charge in [-0.3, -0.25) is 4.72 Å². The van der Waals surface area contributed by atoms with Crippen molar-refractivity contribution < 1.29 is 13.2 Å². The average Bonchev–Trinajstić information content (AvgIpc) is 3.02. The third-order valence-corrected chi connectivity index (χ3v) is 5.34. The Morgan fingerprint density at radius 1 is 1.04 bits per heavy atom. The van der Waals surface area contributed by atoms with Crippen LogP contribution in [0.1, 0.15) is 37.0 Å². The van der Waals surface area contributed by atoms with Crippen molar-refractivity contribution in [2.75, 3.05) is 4.72 Å². The van der Waals surface area contributed by atoms with Crippen LogP contribution in [0.15, 0.2) is 41.6 Å². The van der Waals surface area contributed by atoms with Crippen LogP contribution in [0.2, 0.25) is 0 Å². The summed E-state index contributed by atoms with van der Waals surface area (Å²) in [5, 5.41) is -0.0397. The number of benzene rings is 1. The minimum absolute atomic E-state index is 0.0397. The first-order chi connectivity index (χ1) is 13.2. The molecule has 0 saturated carbocycles. The Kier molecular flexibility index (Phi) is 5.37. The number of aromatic nitrogens is 4. The lowest BCUT2D eigenvalue weighted by molar-refractivity contribution is 0.439. The van der Waals surface area contributed by atoms with Gasteiger partial charge >= 0.3 is 6.01 Å². The lowest BCUT2D eigenvalue weighted by Gasteiger charge is -2.12. The second-order valence-corrected chi connectivity index (χ2v) is 8.40. The molecule has 8 nitrogen and oxygen atoms in total. The Bertz CT molecular complexity index is 1070. The van der Waals surface area contributed by atoms with Gasteiger partial charge in [0.15, 0.2) is 5.03 Å². The Labute approximate surface area is 164 Å². The fourth-order valence-corrected chi connectivity index (χ4v) is 3.96. The number of para-hydroxylation sites is 1. The van der Waals surface area contributed by atoms with E-state index in [0.29, 0.717) is 28.6 Å². The topological polar surface area (TPSA) is 99.0 Å². The van der Waals surface area contributed by atoms with Crippen LogP contribution in [0, 0.1) is 13.8 Å². The SMILES string of the molecule is Cc1nc(Oc2ccccc2)nc(C)c1NS(=O)(=O)c1cn(C)c(C(C)C)n1. The van der Waals surface area contributed by atoms with Gasteiger partial charge in [-0.1, -0.05) is 32.0 Å². The van der Waals surface area contributed by atoms with E-state index < -0.39 is 10.0 Å². The van der Waals surface area contributed by atoms with E-state index in [9.17, 15) is 8.42 Å². The summed E-state index contributed by atoms with van der Waals surface area (Å²) >= 11 is 0. The van der Waals surface area contributed by atoms with Crippen LogP contribution in [0.4, 0.5) is 5.69 Å². The number of hydrogen-bond donors (Lipinski definition) is 1. The van der Waals surface area contributed by atoms with Crippen LogP contribution in [-0.2, 0) is 17.1 Å². The van der Waals surface area contributed by atoms with E-state index in [2.05, 4.69) is 19.7 Å². The molecule has 0 aliphatic heterocycles. The van der Waals surface area contributed by atoms with E-state index >= 15 is 0 Å². The third-order valence-electron chi connectivity index (χ3n) is 4.12. The highest BCUT2D eigenvalue weighted by molar-refractivity contribution is 7.92. The van der Waals surface area contributed by atoms with E-state index in [1.807, 2.05) is 32.0 Å². The Balaban J connectivity index is 1.88. The number of anilines is 1. The molecule has 0 atom stereocenters. The zero-order valence-electron chi connectivity index (χ0n) is 16.5. The second kappa shape index (κ2) is 7.59. The summed E-state index contributed by atoms with van der Waals surface area (Å²) < 4.78 is 35.5. The summed E-state index contributed by atoms with van der Waals surface area (Å²) in [5.74, 6) is 1.40. The highest BCUT2D eigenvalue weighted by atomic mass is 32.2. The summed E-state index contributed by atoms with van der Waals surface area (Å²) in [6, 6.07) is 9.30. The highest BCUT2D eigenvalue weighted by Gasteiger charge is 2.23. The Hall–Kier alpha value is -2.94. The molecule has 28 heavy (non-hydrogen) atoms. The number of sulfonamides is 1. The monoisotopic (exact) mass is 401 g/mol. The fourth-order valence-electron chi connectivity index (χ4n) is 2.78. The maximum atomic E-state index is 12.8. The minimum Gasteiger partial charge on any atom is -0.424 e. The first kappa shape index (κ1) is 19.8. The molecule has 0 spiro atoms. The van der Waals surface area contributed by atoms with E-state index in [-0.39, 0.29) is 17.0 Å². The van der Waals surface area contributed by atoms with Gasteiger partial charge in [0.1, 0.15) is 11.6 Å². The van der Waals surface area contributed by atoms with Crippen LogP contribution in [0.3, 0.4) is 0 Å². The zero-order chi connectivity index (χ0) is 20.5. The molecule has 2 aromatic heterocycles. The summed E-state index contributed by atoms with van der Waals surface area (Å²) in [6.45, 7) is 7.31. The molecule has 0 amide bonds. The zero-order valence-corrected chi connectivity index (χ0v) is 17.3. The Morgan fingerprint density at radius 3 is 2.18 bits per heavy atom. The van der Waals surface area contributed by atoms with E-state index in [4.69, 9.17) is 4.74 Å². The molecule has 1 aromatic carbocycles. The molecular formula is C19H23N5O3S. The lowest BCUT2D eigenvalue weighted by Crippen LogP contribution is -2.16. The van der Waals surface area contributed by atoms with Gasteiger partial charge in [-0.2, -0.15) is 18.4 Å². The van der Waals surface area contributed by atoms with Gasteiger partial charge in [-0.05, 0) is 26.0 Å². The van der Waals surface area contributed by atoms with Crippen molar-refractivity contribution in [2.45, 2.75) is 38.6 Å². The normalized spacial score (nSPS) is 11.6. The number of ether oxygens (including phenoxy) is 1. The van der Waals surface area contributed by atoms with Crippen LogP contribution < -0.4 is 9.46 Å². The lowest BCUT2D eigenvalue weighted by atomic mass is 10.2. The van der Waals surface area contributed by atoms with E-state index in [1.165, 1.54) is 6.20 Å². The fraction of sp³-hybridized carbons (Fsp3) is 0.316. The smallest absolute Gasteiger partial charge is 0.322 e. The standard InChI is InChI=1S/C19H23N5O3S/c1-12(2)18-22-16(11-24(18)5)28(25,26)23-17-13(3)20-19(21-14(17)4)27-15-9-7-6-8-10-15/h6-12,23H,1-5H3. The molecule has 0 radical (unpaired) electrons. The van der Waals surface area contributed by atoms with E-state index in [0.717, 1.165) is 0 Å². The first-order valence-corrected chi connectivity index (χ1v) is 10.3. The molecule has 148 valence electrons. The number of nitrogens with one attached hydrogen (secondary N) is 1. The van der Waals surface area contributed by atoms with Crippen LogP contribution in [-0.4, -0.2) is 27.9 Å². The predicted octanol–water partition coefficient (Wildman–Crippen LogP) is 3.54. The molecule has 3 rings (SSSR count). The largest absolute Gasteiger partial charge is 0.424 e. The molecule has 0 unspecified atom stereocenters. The third kappa shape index (κ3) is 4.14. The number of aryl methyl sites for hydroxylation is 3. The van der Waals surface area contributed by atoms with Crippen molar-refractivity contribution in [2.24, 2.45) is 7.05 Å². The molecule has 1 N–H and O–H groups in total. The van der Waals surface area contributed by atoms with Crippen molar-refractivity contribution in [3.63, 3.8) is 0 Å².